The number of hydrogen-bond donors (Lipinski definition) is 1. The van der Waals surface area contributed by atoms with Crippen LogP contribution in [0.3, 0.4) is 0 Å². The number of aromatic carboxylic acids is 1. The van der Waals surface area contributed by atoms with Crippen LogP contribution in [0.25, 0.3) is 0 Å². The number of carbonyl (C=O) groups is 1. The van der Waals surface area contributed by atoms with Gasteiger partial charge >= 0.3 is 5.97 Å². The van der Waals surface area contributed by atoms with Gasteiger partial charge < -0.3 is 9.84 Å². The summed E-state index contributed by atoms with van der Waals surface area (Å²) in [5.74, 6) is 6.16. The van der Waals surface area contributed by atoms with E-state index in [0.29, 0.717) is 31.6 Å². The molecule has 7 heteroatoms. The number of carboxylic acid groups (broad SMARTS) is 1. The highest BCUT2D eigenvalue weighted by Gasteiger charge is 2.20. The lowest BCUT2D eigenvalue weighted by atomic mass is 10.1. The molecule has 0 aliphatic carbocycles. The lowest BCUT2D eigenvalue weighted by molar-refractivity contribution is 0.0697. The van der Waals surface area contributed by atoms with E-state index in [-0.39, 0.29) is 11.1 Å². The van der Waals surface area contributed by atoms with E-state index in [4.69, 9.17) is 9.84 Å². The summed E-state index contributed by atoms with van der Waals surface area (Å²) in [6.45, 7) is 2.22. The van der Waals surface area contributed by atoms with Gasteiger partial charge in [0.2, 0.25) is 0 Å². The molecule has 3 aromatic rings. The van der Waals surface area contributed by atoms with E-state index < -0.39 is 5.97 Å². The van der Waals surface area contributed by atoms with E-state index in [1.165, 1.54) is 12.1 Å². The second-order valence-corrected chi connectivity index (χ2v) is 7.60. The number of methoxy groups -OCH3 is 1. The molecule has 0 radical (unpaired) electrons. The van der Waals surface area contributed by atoms with Gasteiger partial charge in [-0.1, -0.05) is 24.0 Å². The number of rotatable bonds is 5. The Morgan fingerprint density at radius 1 is 1.16 bits per heavy atom. The van der Waals surface area contributed by atoms with Crippen LogP contribution in [-0.4, -0.2) is 45.7 Å². The second-order valence-electron chi connectivity index (χ2n) is 7.60. The van der Waals surface area contributed by atoms with Crippen LogP contribution in [-0.2, 0) is 19.5 Å². The Bertz CT molecular complexity index is 1240. The van der Waals surface area contributed by atoms with Gasteiger partial charge in [-0.05, 0) is 42.0 Å². The SMILES string of the molecule is COc1ccc(C#CCN2CCc3ncn(Cc4ccc(C(=O)O)cc4)c(=O)c3C2)cc1. The van der Waals surface area contributed by atoms with Crippen LogP contribution in [0.15, 0.2) is 59.7 Å². The predicted molar refractivity (Wildman–Crippen MR) is 120 cm³/mol. The van der Waals surface area contributed by atoms with Crippen LogP contribution in [0.5, 0.6) is 5.75 Å². The van der Waals surface area contributed by atoms with Crippen LogP contribution >= 0.6 is 0 Å². The summed E-state index contributed by atoms with van der Waals surface area (Å²) in [6.07, 6.45) is 2.29. The number of benzene rings is 2. The van der Waals surface area contributed by atoms with Gasteiger partial charge in [-0.2, -0.15) is 0 Å². The fourth-order valence-electron chi connectivity index (χ4n) is 3.63. The maximum Gasteiger partial charge on any atom is 0.335 e. The van der Waals surface area contributed by atoms with Crippen LogP contribution in [0.2, 0.25) is 0 Å². The van der Waals surface area contributed by atoms with Crippen LogP contribution in [0.1, 0.15) is 32.7 Å². The van der Waals surface area contributed by atoms with Crippen molar-refractivity contribution < 1.29 is 14.6 Å². The second kappa shape index (κ2) is 9.50. The van der Waals surface area contributed by atoms with Crippen LogP contribution in [0.4, 0.5) is 0 Å². The fraction of sp³-hybridized carbons (Fsp3) is 0.240. The molecule has 2 aromatic carbocycles. The van der Waals surface area contributed by atoms with Gasteiger partial charge in [-0.25, -0.2) is 9.78 Å². The minimum Gasteiger partial charge on any atom is -0.497 e. The Labute approximate surface area is 185 Å². The normalized spacial score (nSPS) is 13.0. The molecule has 0 saturated heterocycles. The zero-order valence-corrected chi connectivity index (χ0v) is 17.7. The van der Waals surface area contributed by atoms with Crippen LogP contribution in [0, 0.1) is 11.8 Å². The monoisotopic (exact) mass is 429 g/mol. The summed E-state index contributed by atoms with van der Waals surface area (Å²) in [5, 5.41) is 9.03. The molecule has 0 bridgehead atoms. The summed E-state index contributed by atoms with van der Waals surface area (Å²) in [5.41, 5.74) is 3.46. The first-order chi connectivity index (χ1) is 15.5. The molecule has 0 spiro atoms. The van der Waals surface area contributed by atoms with E-state index in [1.807, 2.05) is 24.3 Å². The number of fused-ring (bicyclic) bond motifs is 1. The molecule has 162 valence electrons. The van der Waals surface area contributed by atoms with Gasteiger partial charge in [-0.3, -0.25) is 14.3 Å². The lowest BCUT2D eigenvalue weighted by Gasteiger charge is -2.26. The zero-order valence-electron chi connectivity index (χ0n) is 17.7. The summed E-state index contributed by atoms with van der Waals surface area (Å²) in [6, 6.07) is 14.1. The molecule has 1 aromatic heterocycles. The molecule has 0 unspecified atom stereocenters. The molecule has 4 rings (SSSR count). The number of aromatic nitrogens is 2. The average Bonchev–Trinajstić information content (AvgIpc) is 2.82. The molecule has 1 aliphatic heterocycles. The topological polar surface area (TPSA) is 84.7 Å². The van der Waals surface area contributed by atoms with E-state index >= 15 is 0 Å². The van der Waals surface area contributed by atoms with Crippen molar-refractivity contribution in [1.82, 2.24) is 14.5 Å². The Morgan fingerprint density at radius 3 is 2.59 bits per heavy atom. The number of carboxylic acids is 1. The quantitative estimate of drug-likeness (QED) is 0.627. The van der Waals surface area contributed by atoms with Crippen molar-refractivity contribution in [3.05, 3.63) is 93.2 Å². The van der Waals surface area contributed by atoms with Gasteiger partial charge in [0.05, 0.1) is 43.3 Å². The molecule has 0 fully saturated rings. The van der Waals surface area contributed by atoms with E-state index in [1.54, 1.807) is 30.1 Å². The Balaban J connectivity index is 1.45. The van der Waals surface area contributed by atoms with Crippen molar-refractivity contribution in [3.63, 3.8) is 0 Å². The zero-order chi connectivity index (χ0) is 22.5. The largest absolute Gasteiger partial charge is 0.497 e. The third kappa shape index (κ3) is 4.88. The molecule has 32 heavy (non-hydrogen) atoms. The van der Waals surface area contributed by atoms with Gasteiger partial charge in [0.25, 0.3) is 5.56 Å². The number of hydrogen-bond acceptors (Lipinski definition) is 5. The smallest absolute Gasteiger partial charge is 0.335 e. The molecule has 1 N–H and O–H groups in total. The van der Waals surface area contributed by atoms with Crippen LogP contribution < -0.4 is 10.3 Å². The minimum absolute atomic E-state index is 0.0647. The maximum absolute atomic E-state index is 13.0. The summed E-state index contributed by atoms with van der Waals surface area (Å²) in [7, 11) is 1.63. The number of ether oxygens (including phenoxy) is 1. The first-order valence-corrected chi connectivity index (χ1v) is 10.3. The van der Waals surface area contributed by atoms with Crippen molar-refractivity contribution in [3.8, 4) is 17.6 Å². The Morgan fingerprint density at radius 2 is 1.91 bits per heavy atom. The van der Waals surface area contributed by atoms with Gasteiger partial charge in [0.1, 0.15) is 5.75 Å². The Kier molecular flexibility index (Phi) is 6.34. The highest BCUT2D eigenvalue weighted by Crippen LogP contribution is 2.14. The molecule has 7 nitrogen and oxygen atoms in total. The molecule has 0 atom stereocenters. The summed E-state index contributed by atoms with van der Waals surface area (Å²) >= 11 is 0. The predicted octanol–water partition coefficient (Wildman–Crippen LogP) is 2.41. The molecule has 2 heterocycles. The van der Waals surface area contributed by atoms with Crippen molar-refractivity contribution in [1.29, 1.82) is 0 Å². The van der Waals surface area contributed by atoms with Crippen molar-refractivity contribution >= 4 is 5.97 Å². The lowest BCUT2D eigenvalue weighted by Crippen LogP contribution is -2.38. The first-order valence-electron chi connectivity index (χ1n) is 10.3. The molecular weight excluding hydrogens is 406 g/mol. The highest BCUT2D eigenvalue weighted by atomic mass is 16.5. The van der Waals surface area contributed by atoms with Gasteiger partial charge in [0, 0.05) is 25.1 Å². The summed E-state index contributed by atoms with van der Waals surface area (Å²) < 4.78 is 6.73. The summed E-state index contributed by atoms with van der Waals surface area (Å²) in [4.78, 5) is 30.7. The van der Waals surface area contributed by atoms with E-state index in [2.05, 4.69) is 21.7 Å². The van der Waals surface area contributed by atoms with Crippen molar-refractivity contribution in [2.24, 2.45) is 0 Å². The van der Waals surface area contributed by atoms with Gasteiger partial charge in [-0.15, -0.1) is 0 Å². The molecule has 1 aliphatic rings. The van der Waals surface area contributed by atoms with E-state index in [0.717, 1.165) is 29.1 Å². The standard InChI is InChI=1S/C25H23N3O4/c1-32-21-10-6-18(7-11-21)3-2-13-27-14-12-23-22(16-27)24(29)28(17-26-23)15-19-4-8-20(9-5-19)25(30)31/h4-11,17H,12-16H2,1H3,(H,30,31). The van der Waals surface area contributed by atoms with Gasteiger partial charge in [0.15, 0.2) is 0 Å². The van der Waals surface area contributed by atoms with E-state index in [9.17, 15) is 9.59 Å². The van der Waals surface area contributed by atoms with Crippen molar-refractivity contribution in [2.45, 2.75) is 19.5 Å². The highest BCUT2D eigenvalue weighted by molar-refractivity contribution is 5.87. The average molecular weight is 429 g/mol. The third-order valence-corrected chi connectivity index (χ3v) is 5.45. The Hall–Kier alpha value is -3.89. The number of nitrogens with zero attached hydrogens (tertiary/aromatic N) is 3. The molecule has 0 amide bonds. The maximum atomic E-state index is 13.0. The first kappa shape index (κ1) is 21.3. The molecular formula is C25H23N3O4. The molecule has 0 saturated carbocycles. The minimum atomic E-state index is -0.973. The third-order valence-electron chi connectivity index (χ3n) is 5.45. The fourth-order valence-corrected chi connectivity index (χ4v) is 3.63. The van der Waals surface area contributed by atoms with Crippen molar-refractivity contribution in [2.75, 3.05) is 20.2 Å².